The molecule has 0 aromatic carbocycles. The van der Waals surface area contributed by atoms with E-state index >= 15 is 0 Å². The second-order valence-electron chi connectivity index (χ2n) is 16.5. The van der Waals surface area contributed by atoms with Crippen LogP contribution in [0.4, 0.5) is 0 Å². The molecule has 53 heavy (non-hydrogen) atoms. The number of allylic oxidation sites excluding steroid dienone is 3. The lowest BCUT2D eigenvalue weighted by Gasteiger charge is -2.20. The number of unbranched alkanes of at least 4 members (excludes halogenated alkanes) is 35. The summed E-state index contributed by atoms with van der Waals surface area (Å²) in [6.07, 6.45) is 58.8. The Morgan fingerprint density at radius 1 is 0.434 bits per heavy atom. The Morgan fingerprint density at radius 2 is 0.717 bits per heavy atom. The van der Waals surface area contributed by atoms with Gasteiger partial charge in [-0.2, -0.15) is 0 Å². The van der Waals surface area contributed by atoms with Gasteiger partial charge in [0.15, 0.2) is 0 Å². The quantitative estimate of drug-likeness (QED) is 0.0430. The summed E-state index contributed by atoms with van der Waals surface area (Å²) in [6.45, 7) is 4.31. The third-order valence-corrected chi connectivity index (χ3v) is 11.2. The lowest BCUT2D eigenvalue weighted by atomic mass is 10.0. The SMILES string of the molecule is CCCCCCCCCC/C=C\CCCCCCCCCCCCCCCCCCCC(=O)NC(CO)C(O)/C=C/CCCCCCCCCCCC. The number of hydrogen-bond donors (Lipinski definition) is 3. The fourth-order valence-electron chi connectivity index (χ4n) is 7.47. The van der Waals surface area contributed by atoms with Crippen molar-refractivity contribution in [2.75, 3.05) is 6.61 Å². The Kier molecular flexibility index (Phi) is 44.3. The van der Waals surface area contributed by atoms with Crippen LogP contribution in [0.1, 0.15) is 264 Å². The molecular weight excluding hydrogens is 651 g/mol. The van der Waals surface area contributed by atoms with Crippen LogP contribution in [0.2, 0.25) is 0 Å². The van der Waals surface area contributed by atoms with E-state index in [4.69, 9.17) is 0 Å². The summed E-state index contributed by atoms with van der Waals surface area (Å²) in [4.78, 5) is 12.4. The maximum atomic E-state index is 12.4. The summed E-state index contributed by atoms with van der Waals surface area (Å²) in [5.41, 5.74) is 0. The summed E-state index contributed by atoms with van der Waals surface area (Å²) in [6, 6.07) is -0.617. The van der Waals surface area contributed by atoms with Crippen molar-refractivity contribution in [3.05, 3.63) is 24.3 Å². The van der Waals surface area contributed by atoms with Crippen molar-refractivity contribution in [1.82, 2.24) is 5.32 Å². The van der Waals surface area contributed by atoms with E-state index in [1.165, 1.54) is 218 Å². The van der Waals surface area contributed by atoms with Crippen molar-refractivity contribution in [3.63, 3.8) is 0 Å². The highest BCUT2D eigenvalue weighted by Crippen LogP contribution is 2.16. The van der Waals surface area contributed by atoms with Gasteiger partial charge in [0.25, 0.3) is 0 Å². The molecule has 4 nitrogen and oxygen atoms in total. The molecule has 0 aliphatic rings. The zero-order valence-electron chi connectivity index (χ0n) is 36.1. The normalized spacial score (nSPS) is 13.1. The van der Waals surface area contributed by atoms with Gasteiger partial charge in [-0.3, -0.25) is 4.79 Å². The van der Waals surface area contributed by atoms with Crippen LogP contribution in [-0.4, -0.2) is 34.9 Å². The fourth-order valence-corrected chi connectivity index (χ4v) is 7.47. The Morgan fingerprint density at radius 3 is 1.04 bits per heavy atom. The lowest BCUT2D eigenvalue weighted by Crippen LogP contribution is -2.45. The number of aliphatic hydroxyl groups is 2. The van der Waals surface area contributed by atoms with Gasteiger partial charge in [0, 0.05) is 6.42 Å². The van der Waals surface area contributed by atoms with Crippen LogP contribution in [0.15, 0.2) is 24.3 Å². The Labute approximate surface area is 332 Å². The molecule has 0 aliphatic carbocycles. The van der Waals surface area contributed by atoms with Gasteiger partial charge in [-0.15, -0.1) is 0 Å². The van der Waals surface area contributed by atoms with Crippen molar-refractivity contribution < 1.29 is 15.0 Å². The largest absolute Gasteiger partial charge is 0.394 e. The fraction of sp³-hybridized carbons (Fsp3) is 0.898. The van der Waals surface area contributed by atoms with Crippen LogP contribution in [0.3, 0.4) is 0 Å². The highest BCUT2D eigenvalue weighted by atomic mass is 16.3. The third-order valence-electron chi connectivity index (χ3n) is 11.2. The van der Waals surface area contributed by atoms with Gasteiger partial charge < -0.3 is 15.5 Å². The predicted molar refractivity (Wildman–Crippen MR) is 235 cm³/mol. The van der Waals surface area contributed by atoms with Crippen molar-refractivity contribution in [1.29, 1.82) is 0 Å². The molecule has 2 unspecified atom stereocenters. The van der Waals surface area contributed by atoms with Gasteiger partial charge in [-0.1, -0.05) is 237 Å². The molecule has 0 aliphatic heterocycles. The van der Waals surface area contributed by atoms with E-state index in [-0.39, 0.29) is 12.5 Å². The molecule has 3 N–H and O–H groups in total. The monoisotopic (exact) mass is 746 g/mol. The topological polar surface area (TPSA) is 69.6 Å². The van der Waals surface area contributed by atoms with Crippen molar-refractivity contribution in [2.24, 2.45) is 0 Å². The minimum absolute atomic E-state index is 0.0612. The molecule has 4 heteroatoms. The zero-order chi connectivity index (χ0) is 38.6. The molecule has 0 spiro atoms. The van der Waals surface area contributed by atoms with E-state index < -0.39 is 12.1 Å². The Bertz CT molecular complexity index is 765. The standard InChI is InChI=1S/C49H95NO3/c1-3-5-7-9-11-13-15-17-18-19-20-21-22-23-24-25-26-27-28-29-30-31-32-33-35-37-39-41-43-45-49(53)50-47(46-51)48(52)44-42-40-38-36-34-16-14-12-10-8-6-4-2/h19-20,42,44,47-48,51-52H,3-18,21-41,43,45-46H2,1-2H3,(H,50,53)/b20-19-,44-42+. The third kappa shape index (κ3) is 41.9. The first-order chi connectivity index (χ1) is 26.2. The van der Waals surface area contributed by atoms with Crippen LogP contribution in [-0.2, 0) is 4.79 Å². The minimum atomic E-state index is -0.834. The van der Waals surface area contributed by atoms with Gasteiger partial charge in [0.2, 0.25) is 5.91 Å². The van der Waals surface area contributed by atoms with E-state index in [0.717, 1.165) is 25.7 Å². The molecular formula is C49H95NO3. The van der Waals surface area contributed by atoms with Crippen LogP contribution < -0.4 is 5.32 Å². The van der Waals surface area contributed by atoms with E-state index in [1.807, 2.05) is 6.08 Å². The van der Waals surface area contributed by atoms with E-state index in [9.17, 15) is 15.0 Å². The predicted octanol–water partition coefficient (Wildman–Crippen LogP) is 15.2. The average Bonchev–Trinajstić information content (AvgIpc) is 3.16. The number of carbonyl (C=O) groups is 1. The van der Waals surface area contributed by atoms with Crippen molar-refractivity contribution >= 4 is 5.91 Å². The number of hydrogen-bond acceptors (Lipinski definition) is 3. The van der Waals surface area contributed by atoms with Crippen LogP contribution in [0.5, 0.6) is 0 Å². The molecule has 314 valence electrons. The molecule has 0 bridgehead atoms. The first-order valence-corrected chi connectivity index (χ1v) is 24.1. The second kappa shape index (κ2) is 45.3. The van der Waals surface area contributed by atoms with Gasteiger partial charge >= 0.3 is 0 Å². The summed E-state index contributed by atoms with van der Waals surface area (Å²) in [5.74, 6) is -0.0612. The maximum absolute atomic E-state index is 12.4. The summed E-state index contributed by atoms with van der Waals surface area (Å²) >= 11 is 0. The molecule has 2 atom stereocenters. The lowest BCUT2D eigenvalue weighted by molar-refractivity contribution is -0.123. The highest BCUT2D eigenvalue weighted by molar-refractivity contribution is 5.76. The summed E-state index contributed by atoms with van der Waals surface area (Å²) in [7, 11) is 0. The van der Waals surface area contributed by atoms with E-state index in [0.29, 0.717) is 6.42 Å². The Balaban J connectivity index is 3.44. The second-order valence-corrected chi connectivity index (χ2v) is 16.5. The van der Waals surface area contributed by atoms with E-state index in [2.05, 4.69) is 31.3 Å². The van der Waals surface area contributed by atoms with Crippen LogP contribution in [0.25, 0.3) is 0 Å². The number of nitrogens with one attached hydrogen (secondary N) is 1. The number of carbonyl (C=O) groups excluding carboxylic acids is 1. The first-order valence-electron chi connectivity index (χ1n) is 24.1. The zero-order valence-corrected chi connectivity index (χ0v) is 36.1. The molecule has 1 amide bonds. The van der Waals surface area contributed by atoms with Crippen LogP contribution in [0, 0.1) is 0 Å². The van der Waals surface area contributed by atoms with Gasteiger partial charge in [-0.05, 0) is 44.9 Å². The molecule has 0 aromatic rings. The molecule has 0 saturated heterocycles. The molecule has 0 rings (SSSR count). The van der Waals surface area contributed by atoms with Crippen molar-refractivity contribution in [3.8, 4) is 0 Å². The summed E-state index contributed by atoms with van der Waals surface area (Å²) < 4.78 is 0. The number of aliphatic hydroxyl groups excluding tert-OH is 2. The van der Waals surface area contributed by atoms with Crippen molar-refractivity contribution in [2.45, 2.75) is 276 Å². The molecule has 0 fully saturated rings. The smallest absolute Gasteiger partial charge is 0.220 e. The maximum Gasteiger partial charge on any atom is 0.220 e. The van der Waals surface area contributed by atoms with Crippen LogP contribution >= 0.6 is 0 Å². The van der Waals surface area contributed by atoms with Gasteiger partial charge in [0.05, 0.1) is 18.8 Å². The molecule has 0 saturated carbocycles. The molecule has 0 radical (unpaired) electrons. The minimum Gasteiger partial charge on any atom is -0.394 e. The summed E-state index contributed by atoms with van der Waals surface area (Å²) in [5, 5.41) is 23.0. The Hall–Kier alpha value is -1.13. The molecule has 0 heterocycles. The first kappa shape index (κ1) is 51.9. The van der Waals surface area contributed by atoms with Gasteiger partial charge in [-0.25, -0.2) is 0 Å². The highest BCUT2D eigenvalue weighted by Gasteiger charge is 2.18. The average molecular weight is 746 g/mol. The number of amides is 1. The molecule has 0 aromatic heterocycles. The number of rotatable bonds is 44. The van der Waals surface area contributed by atoms with Gasteiger partial charge in [0.1, 0.15) is 0 Å². The van der Waals surface area contributed by atoms with E-state index in [1.54, 1.807) is 6.08 Å².